The number of hydrogen-bond donors (Lipinski definition) is 0. The summed E-state index contributed by atoms with van der Waals surface area (Å²) in [5.41, 5.74) is 0.198. The zero-order chi connectivity index (χ0) is 54.0. The van der Waals surface area contributed by atoms with Crippen LogP contribution in [0.25, 0.3) is 0 Å². The quantitative estimate of drug-likeness (QED) is 0.161. The van der Waals surface area contributed by atoms with Crippen molar-refractivity contribution in [2.75, 3.05) is 0 Å². The summed E-state index contributed by atoms with van der Waals surface area (Å²) in [6, 6.07) is -0.751. The highest BCUT2D eigenvalue weighted by Gasteiger charge is 2.57. The van der Waals surface area contributed by atoms with Gasteiger partial charge in [-0.25, -0.2) is 8.42 Å². The number of imide groups is 3. The van der Waals surface area contributed by atoms with Crippen molar-refractivity contribution in [1.29, 1.82) is 0 Å². The molecule has 12 aliphatic rings. The van der Waals surface area contributed by atoms with Crippen LogP contribution in [-0.2, 0) is 52.8 Å². The van der Waals surface area contributed by atoms with Gasteiger partial charge in [0, 0.05) is 18.1 Å². The first-order chi connectivity index (χ1) is 37.6. The maximum Gasteiger partial charge on any atom is 0.233 e. The van der Waals surface area contributed by atoms with E-state index in [1.54, 1.807) is 4.90 Å². The lowest BCUT2D eigenvalue weighted by atomic mass is 9.60. The van der Waals surface area contributed by atoms with Crippen LogP contribution in [0.4, 0.5) is 0 Å². The van der Waals surface area contributed by atoms with Gasteiger partial charge >= 0.3 is 0 Å². The molecule has 12 fully saturated rings. The number of sulfone groups is 1. The first-order valence-electron chi connectivity index (χ1n) is 32.4. The topological polar surface area (TPSA) is 174 Å². The molecule has 0 bridgehead atoms. The molecule has 14 nitrogen and oxygen atoms in total. The third-order valence-corrected chi connectivity index (χ3v) is 26.4. The SMILES string of the molecule is CC(C)(C1CCC(OC2CCC3C(=O)N(C4CCCCC4)C(=O)C3C2)CC1)C1CCC(OC2CCC3C(=O)N(C4CCCC(S(=O)(=O)C5CCCC(N6C(=O)C7CCC(OC8CCCCC8)CC7C6=O)C5)C4)C(=O)C3C2)CC1. The molecule has 9 aliphatic carbocycles. The van der Waals surface area contributed by atoms with E-state index in [1.165, 1.54) is 35.5 Å². The van der Waals surface area contributed by atoms with Gasteiger partial charge in [-0.1, -0.05) is 65.2 Å². The lowest BCUT2D eigenvalue weighted by Crippen LogP contribution is -2.49. The molecule has 78 heavy (non-hydrogen) atoms. The van der Waals surface area contributed by atoms with Crippen LogP contribution in [0.5, 0.6) is 0 Å². The Bertz CT molecular complexity index is 2350. The molecule has 0 aromatic heterocycles. The molecular weight excluding hydrogens is 1010 g/mol. The average molecular weight is 1100 g/mol. The van der Waals surface area contributed by atoms with E-state index in [4.69, 9.17) is 14.2 Å². The van der Waals surface area contributed by atoms with Crippen LogP contribution >= 0.6 is 0 Å². The van der Waals surface area contributed by atoms with E-state index >= 15 is 0 Å². The minimum absolute atomic E-state index is 0.00480. The third-order valence-electron chi connectivity index (χ3n) is 23.7. The fraction of sp³-hybridized carbons (Fsp3) is 0.905. The Labute approximate surface area is 466 Å². The highest BCUT2D eigenvalue weighted by atomic mass is 32.2. The minimum atomic E-state index is -3.68. The summed E-state index contributed by atoms with van der Waals surface area (Å²) in [5, 5.41) is -1.32. The number of rotatable bonds is 13. The van der Waals surface area contributed by atoms with Crippen molar-refractivity contribution in [2.24, 2.45) is 52.8 Å². The Morgan fingerprint density at radius 2 is 0.628 bits per heavy atom. The van der Waals surface area contributed by atoms with Gasteiger partial charge in [0.15, 0.2) is 9.84 Å². The number of hydrogen-bond acceptors (Lipinski definition) is 11. The molecule has 12 rings (SSSR count). The van der Waals surface area contributed by atoms with Gasteiger partial charge in [-0.15, -0.1) is 0 Å². The van der Waals surface area contributed by atoms with Crippen molar-refractivity contribution in [2.45, 2.75) is 304 Å². The van der Waals surface area contributed by atoms with Crippen LogP contribution in [0.1, 0.15) is 239 Å². The molecule has 0 aromatic carbocycles. The van der Waals surface area contributed by atoms with Crippen LogP contribution < -0.4 is 0 Å². The van der Waals surface area contributed by atoms with E-state index in [0.717, 1.165) is 116 Å². The molecule has 13 atom stereocenters. The summed E-state index contributed by atoms with van der Waals surface area (Å²) in [6.07, 6.45) is 30.6. The van der Waals surface area contributed by atoms with Crippen LogP contribution in [0.2, 0.25) is 0 Å². The molecule has 9 saturated carbocycles. The second-order valence-corrected chi connectivity index (χ2v) is 30.8. The maximum atomic E-state index is 14.6. The predicted octanol–water partition coefficient (Wildman–Crippen LogP) is 10.3. The third kappa shape index (κ3) is 10.8. The van der Waals surface area contributed by atoms with Gasteiger partial charge in [-0.2, -0.15) is 0 Å². The number of likely N-dealkylation sites (tertiary alicyclic amines) is 3. The number of ether oxygens (including phenoxy) is 3. The smallest absolute Gasteiger partial charge is 0.233 e. The lowest BCUT2D eigenvalue weighted by Gasteiger charge is -2.47. The molecule has 3 heterocycles. The Kier molecular flexibility index (Phi) is 16.5. The van der Waals surface area contributed by atoms with Gasteiger partial charge in [-0.3, -0.25) is 43.5 Å². The number of carbonyl (C=O) groups excluding carboxylic acids is 6. The van der Waals surface area contributed by atoms with Crippen molar-refractivity contribution in [3.8, 4) is 0 Å². The Morgan fingerprint density at radius 1 is 0.321 bits per heavy atom. The second kappa shape index (κ2) is 23.1. The van der Waals surface area contributed by atoms with Gasteiger partial charge in [0.25, 0.3) is 0 Å². The Morgan fingerprint density at radius 3 is 1.01 bits per heavy atom. The van der Waals surface area contributed by atoms with Crippen LogP contribution in [0.15, 0.2) is 0 Å². The van der Waals surface area contributed by atoms with Crippen molar-refractivity contribution < 1.29 is 51.4 Å². The molecule has 434 valence electrons. The monoisotopic (exact) mass is 1100 g/mol. The summed E-state index contributed by atoms with van der Waals surface area (Å²) in [7, 11) is -3.68. The molecule has 15 heteroatoms. The lowest BCUT2D eigenvalue weighted by molar-refractivity contribution is -0.145. The van der Waals surface area contributed by atoms with Gasteiger partial charge in [0.2, 0.25) is 35.4 Å². The largest absolute Gasteiger partial charge is 0.375 e. The van der Waals surface area contributed by atoms with Crippen molar-refractivity contribution >= 4 is 45.3 Å². The molecule has 3 saturated heterocycles. The van der Waals surface area contributed by atoms with Crippen LogP contribution in [0.3, 0.4) is 0 Å². The van der Waals surface area contributed by atoms with Gasteiger partial charge in [0.1, 0.15) is 0 Å². The number of amides is 6. The van der Waals surface area contributed by atoms with E-state index in [2.05, 4.69) is 13.8 Å². The minimum Gasteiger partial charge on any atom is -0.375 e. The Hall–Kier alpha value is -2.75. The van der Waals surface area contributed by atoms with E-state index in [-0.39, 0.29) is 126 Å². The van der Waals surface area contributed by atoms with Crippen molar-refractivity contribution in [1.82, 2.24) is 14.7 Å². The average Bonchev–Trinajstić information content (AvgIpc) is 4.14. The van der Waals surface area contributed by atoms with Gasteiger partial charge in [0.05, 0.1) is 82.6 Å². The zero-order valence-electron chi connectivity index (χ0n) is 47.5. The standard InChI is InChI=1S/C63H95N3O11S/c1-63(2,38-19-23-44(24-20-38)76-47-28-30-51-54(36-47)60(70)64(57(51)67)40-11-5-3-6-12-40)39-21-25-45(26-22-39)77-48-29-32-53-56(37-48)62(72)66(59(53)69)42-14-10-18-50(34-42)78(73,74)49-17-9-13-41(33-49)65-58(68)52-31-27-46(35-55(52)61(65)71)75-43-15-7-4-8-16-43/h38-56H,3-37H2,1-2H3. The molecule has 0 radical (unpaired) electrons. The fourth-order valence-corrected chi connectivity index (χ4v) is 21.6. The summed E-state index contributed by atoms with van der Waals surface area (Å²) in [6.45, 7) is 4.96. The molecule has 0 N–H and O–H groups in total. The summed E-state index contributed by atoms with van der Waals surface area (Å²) in [5.74, 6) is -0.954. The molecule has 0 aromatic rings. The van der Waals surface area contributed by atoms with Gasteiger partial charge < -0.3 is 14.2 Å². The summed E-state index contributed by atoms with van der Waals surface area (Å²) in [4.78, 5) is 88.1. The Balaban J connectivity index is 0.585. The van der Waals surface area contributed by atoms with E-state index in [0.29, 0.717) is 82.5 Å². The van der Waals surface area contributed by atoms with Gasteiger partial charge in [-0.05, 0) is 191 Å². The molecule has 3 aliphatic heterocycles. The van der Waals surface area contributed by atoms with Crippen LogP contribution in [-0.4, -0.2) is 124 Å². The van der Waals surface area contributed by atoms with E-state index < -0.39 is 38.3 Å². The second-order valence-electron chi connectivity index (χ2n) is 28.3. The highest BCUT2D eigenvalue weighted by molar-refractivity contribution is 7.92. The first-order valence-corrected chi connectivity index (χ1v) is 34.0. The number of carbonyl (C=O) groups is 6. The molecule has 0 spiro atoms. The summed E-state index contributed by atoms with van der Waals surface area (Å²) < 4.78 is 49.4. The predicted molar refractivity (Wildman–Crippen MR) is 293 cm³/mol. The van der Waals surface area contributed by atoms with E-state index in [1.807, 2.05) is 0 Å². The number of nitrogens with zero attached hydrogens (tertiary/aromatic N) is 3. The zero-order valence-corrected chi connectivity index (χ0v) is 48.3. The molecule has 6 amide bonds. The first kappa shape index (κ1) is 55.8. The number of fused-ring (bicyclic) bond motifs is 3. The van der Waals surface area contributed by atoms with Crippen molar-refractivity contribution in [3.63, 3.8) is 0 Å². The molecular formula is C63H95N3O11S. The van der Waals surface area contributed by atoms with Crippen LogP contribution in [0, 0.1) is 52.8 Å². The van der Waals surface area contributed by atoms with Crippen molar-refractivity contribution in [3.05, 3.63) is 0 Å². The fourth-order valence-electron chi connectivity index (χ4n) is 19.1. The summed E-state index contributed by atoms with van der Waals surface area (Å²) >= 11 is 0. The van der Waals surface area contributed by atoms with E-state index in [9.17, 15) is 37.2 Å². The highest BCUT2D eigenvalue weighted by Crippen LogP contribution is 2.52. The maximum absolute atomic E-state index is 14.6. The normalized spacial score (nSPS) is 41.8. The molecule has 13 unspecified atom stereocenters.